The first kappa shape index (κ1) is 22.3. The van der Waals surface area contributed by atoms with Gasteiger partial charge in [-0.25, -0.2) is 4.79 Å². The van der Waals surface area contributed by atoms with Gasteiger partial charge in [-0.15, -0.1) is 0 Å². The quantitative estimate of drug-likeness (QED) is 0.393. The van der Waals surface area contributed by atoms with Gasteiger partial charge in [0, 0.05) is 0 Å². The number of ether oxygens (including phenoxy) is 1. The van der Waals surface area contributed by atoms with E-state index in [2.05, 4.69) is 5.32 Å². The Morgan fingerprint density at radius 1 is 1.24 bits per heavy atom. The van der Waals surface area contributed by atoms with Crippen molar-refractivity contribution in [2.45, 2.75) is 46.3 Å². The first-order chi connectivity index (χ1) is 13.4. The van der Waals surface area contributed by atoms with Crippen LogP contribution in [0.4, 0.5) is 0 Å². The second kappa shape index (κ2) is 8.06. The lowest BCUT2D eigenvalue weighted by Crippen LogP contribution is -2.71. The van der Waals surface area contributed by atoms with Crippen molar-refractivity contribution < 1.29 is 23.3 Å². The molecule has 2 saturated heterocycles. The molecule has 0 saturated carbocycles. The molecule has 2 heterocycles. The smallest absolute Gasteiger partial charge is 0.330 e. The predicted octanol–water partition coefficient (Wildman–Crippen LogP) is 1.71. The predicted molar refractivity (Wildman–Crippen MR) is 110 cm³/mol. The highest BCUT2D eigenvalue weighted by atomic mass is 35.6. The molecule has 2 fully saturated rings. The Morgan fingerprint density at radius 3 is 2.45 bits per heavy atom. The molecule has 0 aliphatic carbocycles. The van der Waals surface area contributed by atoms with Crippen LogP contribution in [0.15, 0.2) is 30.3 Å². The number of carbonyl (C=O) groups excluding carboxylic acids is 3. The van der Waals surface area contributed by atoms with Crippen LogP contribution in [0.3, 0.4) is 0 Å². The highest BCUT2D eigenvalue weighted by molar-refractivity contribution is 7.87. The number of alkyl halides is 3. The SMILES string of the molecule is CC1(C)[C@H](C(=O)OCC(Cl)(Cl)Cl)N2C(=O)[C@@H](NC(=O)Cc3ccccc3)[C@@H]2[S@]1=O. The summed E-state index contributed by atoms with van der Waals surface area (Å²) in [5.74, 6) is -1.67. The summed E-state index contributed by atoms with van der Waals surface area (Å²) in [5.41, 5.74) is 0.787. The van der Waals surface area contributed by atoms with Crippen molar-refractivity contribution in [2.24, 2.45) is 0 Å². The first-order valence-corrected chi connectivity index (χ1v) is 11.1. The van der Waals surface area contributed by atoms with E-state index in [0.29, 0.717) is 0 Å². The average molecular weight is 482 g/mol. The summed E-state index contributed by atoms with van der Waals surface area (Å²) < 4.78 is 15.1. The van der Waals surface area contributed by atoms with Crippen molar-refractivity contribution in [3.05, 3.63) is 35.9 Å². The van der Waals surface area contributed by atoms with Crippen LogP contribution >= 0.6 is 34.8 Å². The van der Waals surface area contributed by atoms with E-state index in [9.17, 15) is 18.6 Å². The van der Waals surface area contributed by atoms with Crippen LogP contribution in [0.5, 0.6) is 0 Å². The molecule has 7 nitrogen and oxygen atoms in total. The fraction of sp³-hybridized carbons (Fsp3) is 0.500. The lowest BCUT2D eigenvalue weighted by Gasteiger charge is -2.43. The van der Waals surface area contributed by atoms with E-state index in [1.165, 1.54) is 4.90 Å². The minimum Gasteiger partial charge on any atom is -0.460 e. The van der Waals surface area contributed by atoms with E-state index in [4.69, 9.17) is 39.5 Å². The number of β-lactam (4-membered cyclic amide) rings is 1. The maximum Gasteiger partial charge on any atom is 0.330 e. The average Bonchev–Trinajstić information content (AvgIpc) is 2.82. The van der Waals surface area contributed by atoms with E-state index in [1.807, 2.05) is 6.07 Å². The van der Waals surface area contributed by atoms with E-state index < -0.39 is 55.3 Å². The lowest BCUT2D eigenvalue weighted by molar-refractivity contribution is -0.164. The Kier molecular flexibility index (Phi) is 6.21. The summed E-state index contributed by atoms with van der Waals surface area (Å²) in [6.07, 6.45) is 0.0854. The number of nitrogens with zero attached hydrogens (tertiary/aromatic N) is 1. The summed E-state index contributed by atoms with van der Waals surface area (Å²) in [7, 11) is -1.62. The molecule has 0 radical (unpaired) electrons. The Morgan fingerprint density at radius 2 is 1.86 bits per heavy atom. The Bertz CT molecular complexity index is 859. The molecule has 0 bridgehead atoms. The molecule has 3 rings (SSSR count). The molecule has 2 aliphatic heterocycles. The van der Waals surface area contributed by atoms with Gasteiger partial charge in [0.1, 0.15) is 24.1 Å². The molecule has 0 spiro atoms. The number of nitrogens with one attached hydrogen (secondary N) is 1. The van der Waals surface area contributed by atoms with Gasteiger partial charge in [0.2, 0.25) is 15.6 Å². The monoisotopic (exact) mass is 480 g/mol. The number of hydrogen-bond acceptors (Lipinski definition) is 5. The molecule has 0 aromatic heterocycles. The van der Waals surface area contributed by atoms with Gasteiger partial charge in [-0.05, 0) is 19.4 Å². The van der Waals surface area contributed by atoms with Gasteiger partial charge in [0.25, 0.3) is 0 Å². The molecule has 1 N–H and O–H groups in total. The third-order valence-electron chi connectivity index (χ3n) is 4.88. The number of benzene rings is 1. The van der Waals surface area contributed by atoms with E-state index in [1.54, 1.807) is 38.1 Å². The molecule has 4 atom stereocenters. The van der Waals surface area contributed by atoms with Crippen LogP contribution in [0.25, 0.3) is 0 Å². The van der Waals surface area contributed by atoms with Crippen molar-refractivity contribution in [2.75, 3.05) is 6.61 Å². The number of esters is 1. The topological polar surface area (TPSA) is 92.8 Å². The molecule has 2 aliphatic rings. The van der Waals surface area contributed by atoms with E-state index in [-0.39, 0.29) is 12.3 Å². The minimum atomic E-state index is -1.80. The zero-order valence-electron chi connectivity index (χ0n) is 15.6. The van der Waals surface area contributed by atoms with Gasteiger partial charge in [0.05, 0.1) is 22.0 Å². The summed E-state index contributed by atoms with van der Waals surface area (Å²) in [6, 6.07) is 6.97. The van der Waals surface area contributed by atoms with Gasteiger partial charge < -0.3 is 15.0 Å². The van der Waals surface area contributed by atoms with Crippen molar-refractivity contribution in [3.63, 3.8) is 0 Å². The Labute approximate surface area is 185 Å². The summed E-state index contributed by atoms with van der Waals surface area (Å²) in [4.78, 5) is 38.7. The number of carbonyl (C=O) groups is 3. The zero-order valence-corrected chi connectivity index (χ0v) is 18.6. The molecular weight excluding hydrogens is 463 g/mol. The van der Waals surface area contributed by atoms with E-state index >= 15 is 0 Å². The molecule has 0 unspecified atom stereocenters. The maximum atomic E-state index is 13.0. The standard InChI is InChI=1S/C18H19Cl3N2O5S/c1-17(2)13(16(26)28-9-18(19,20)21)23-14(25)12(15(23)29(17)27)22-11(24)8-10-6-4-3-5-7-10/h3-7,12-13,15H,8-9H2,1-2H3,(H,22,24)/t12-,13+,15+,29-/m1/s1. The van der Waals surface area contributed by atoms with Gasteiger partial charge in [-0.3, -0.25) is 13.8 Å². The highest BCUT2D eigenvalue weighted by Crippen LogP contribution is 2.44. The Hall–Kier alpha value is -1.35. The summed E-state index contributed by atoms with van der Waals surface area (Å²) in [6.45, 7) is 2.69. The number of fused-ring (bicyclic) bond motifs is 1. The minimum absolute atomic E-state index is 0.0854. The maximum absolute atomic E-state index is 13.0. The van der Waals surface area contributed by atoms with Crippen LogP contribution in [0.1, 0.15) is 19.4 Å². The van der Waals surface area contributed by atoms with Crippen molar-refractivity contribution in [3.8, 4) is 0 Å². The highest BCUT2D eigenvalue weighted by Gasteiger charge is 2.68. The van der Waals surface area contributed by atoms with Gasteiger partial charge in [-0.2, -0.15) is 0 Å². The number of halogens is 3. The summed E-state index contributed by atoms with van der Waals surface area (Å²) >= 11 is 16.8. The van der Waals surface area contributed by atoms with Gasteiger partial charge in [-0.1, -0.05) is 65.1 Å². The van der Waals surface area contributed by atoms with Gasteiger partial charge in [0.15, 0.2) is 0 Å². The fourth-order valence-corrected chi connectivity index (χ4v) is 5.59. The summed E-state index contributed by atoms with van der Waals surface area (Å²) in [5, 5.41) is 1.81. The molecule has 2 amide bonds. The van der Waals surface area contributed by atoms with E-state index in [0.717, 1.165) is 5.56 Å². The molecule has 29 heavy (non-hydrogen) atoms. The van der Waals surface area contributed by atoms with Crippen LogP contribution < -0.4 is 5.32 Å². The number of amides is 2. The molecule has 158 valence electrons. The second-order valence-corrected chi connectivity index (χ2v) is 12.0. The van der Waals surface area contributed by atoms with Crippen molar-refractivity contribution >= 4 is 63.4 Å². The molecule has 1 aromatic rings. The molecular formula is C18H19Cl3N2O5S. The third-order valence-corrected chi connectivity index (χ3v) is 7.41. The number of rotatable bonds is 5. The molecule has 1 aromatic carbocycles. The van der Waals surface area contributed by atoms with Crippen LogP contribution in [0.2, 0.25) is 0 Å². The van der Waals surface area contributed by atoms with Crippen LogP contribution in [0, 0.1) is 0 Å². The first-order valence-electron chi connectivity index (χ1n) is 8.73. The second-order valence-electron chi connectivity index (χ2n) is 7.37. The third kappa shape index (κ3) is 4.40. The zero-order chi connectivity index (χ0) is 21.6. The van der Waals surface area contributed by atoms with Crippen molar-refractivity contribution in [1.29, 1.82) is 0 Å². The largest absolute Gasteiger partial charge is 0.460 e. The van der Waals surface area contributed by atoms with Crippen LogP contribution in [-0.4, -0.2) is 59.5 Å². The Balaban J connectivity index is 1.71. The normalized spacial score (nSPS) is 27.8. The van der Waals surface area contributed by atoms with Crippen molar-refractivity contribution in [1.82, 2.24) is 10.2 Å². The number of hydrogen-bond donors (Lipinski definition) is 1. The van der Waals surface area contributed by atoms with Crippen LogP contribution in [-0.2, 0) is 36.3 Å². The lowest BCUT2D eigenvalue weighted by atomic mass is 9.96. The molecule has 11 heteroatoms. The van der Waals surface area contributed by atoms with Gasteiger partial charge >= 0.3 is 5.97 Å². The fourth-order valence-electron chi connectivity index (χ4n) is 3.51.